The van der Waals surface area contributed by atoms with Crippen LogP contribution in [0.25, 0.3) is 0 Å². The minimum absolute atomic E-state index is 0.161. The van der Waals surface area contributed by atoms with E-state index in [9.17, 15) is 9.59 Å². The number of halogens is 1. The number of nitrogens with one attached hydrogen (secondary N) is 1. The summed E-state index contributed by atoms with van der Waals surface area (Å²) >= 11 is 5.36. The predicted molar refractivity (Wildman–Crippen MR) is 65.9 cm³/mol. The van der Waals surface area contributed by atoms with Crippen LogP contribution in [0.4, 0.5) is 4.79 Å². The summed E-state index contributed by atoms with van der Waals surface area (Å²) in [5.74, 6) is 0.847. The van der Waals surface area contributed by atoms with Crippen molar-refractivity contribution in [3.63, 3.8) is 0 Å². The largest absolute Gasteiger partial charge is 0.324 e. The lowest BCUT2D eigenvalue weighted by atomic mass is 9.75. The van der Waals surface area contributed by atoms with Gasteiger partial charge >= 0.3 is 6.03 Å². The highest BCUT2D eigenvalue weighted by molar-refractivity contribution is 6.28. The number of hydrogen-bond donors (Lipinski definition) is 1. The number of rotatable bonds is 1. The molecule has 3 amide bonds. The van der Waals surface area contributed by atoms with Gasteiger partial charge in [-0.3, -0.25) is 10.1 Å². The average Bonchev–Trinajstić information content (AvgIpc) is 2.38. The first kappa shape index (κ1) is 12.7. The van der Waals surface area contributed by atoms with Crippen LogP contribution in [-0.4, -0.2) is 35.8 Å². The summed E-state index contributed by atoms with van der Waals surface area (Å²) in [6.07, 6.45) is 6.21. The van der Waals surface area contributed by atoms with Crippen LogP contribution in [0.2, 0.25) is 0 Å². The highest BCUT2D eigenvalue weighted by Gasteiger charge is 2.33. The molecule has 1 saturated carbocycles. The normalized spacial score (nSPS) is 28.4. The van der Waals surface area contributed by atoms with Crippen molar-refractivity contribution in [1.82, 2.24) is 10.2 Å². The molecule has 17 heavy (non-hydrogen) atoms. The van der Waals surface area contributed by atoms with E-state index in [4.69, 9.17) is 11.6 Å². The number of imide groups is 1. The van der Waals surface area contributed by atoms with Crippen molar-refractivity contribution >= 4 is 23.5 Å². The lowest BCUT2D eigenvalue weighted by Gasteiger charge is -2.41. The Balaban J connectivity index is 1.86. The van der Waals surface area contributed by atoms with Crippen LogP contribution in [0.5, 0.6) is 0 Å². The van der Waals surface area contributed by atoms with Crippen molar-refractivity contribution in [2.75, 3.05) is 19.0 Å². The number of likely N-dealkylation sites (tertiary alicyclic amines) is 1. The fourth-order valence-electron chi connectivity index (χ4n) is 3.02. The van der Waals surface area contributed by atoms with Crippen molar-refractivity contribution < 1.29 is 9.59 Å². The Bertz CT molecular complexity index is 309. The smallest absolute Gasteiger partial charge is 0.324 e. The van der Waals surface area contributed by atoms with Gasteiger partial charge < -0.3 is 4.90 Å². The highest BCUT2D eigenvalue weighted by Crippen LogP contribution is 2.35. The molecule has 0 aromatic rings. The van der Waals surface area contributed by atoms with Gasteiger partial charge in [0.15, 0.2) is 0 Å². The molecule has 0 aromatic heterocycles. The molecule has 1 N–H and O–H groups in total. The molecule has 5 heteroatoms. The molecule has 1 saturated heterocycles. The number of carbonyl (C=O) groups is 2. The maximum Gasteiger partial charge on any atom is 0.324 e. The molecule has 1 aliphatic heterocycles. The first-order chi connectivity index (χ1) is 8.20. The van der Waals surface area contributed by atoms with Crippen LogP contribution in [0.1, 0.15) is 32.1 Å². The van der Waals surface area contributed by atoms with Crippen LogP contribution < -0.4 is 5.32 Å². The molecule has 0 spiro atoms. The van der Waals surface area contributed by atoms with Gasteiger partial charge in [-0.05, 0) is 24.7 Å². The van der Waals surface area contributed by atoms with Crippen LogP contribution >= 0.6 is 11.6 Å². The molecule has 2 fully saturated rings. The second-order valence-corrected chi connectivity index (χ2v) is 5.29. The summed E-state index contributed by atoms with van der Waals surface area (Å²) in [4.78, 5) is 24.6. The minimum atomic E-state index is -0.414. The van der Waals surface area contributed by atoms with E-state index in [0.29, 0.717) is 5.92 Å². The Morgan fingerprint density at radius 3 is 2.59 bits per heavy atom. The number of amides is 3. The molecule has 2 unspecified atom stereocenters. The number of alkyl halides is 1. The monoisotopic (exact) mass is 258 g/mol. The van der Waals surface area contributed by atoms with Gasteiger partial charge in [-0.2, -0.15) is 0 Å². The van der Waals surface area contributed by atoms with E-state index in [0.717, 1.165) is 25.4 Å². The predicted octanol–water partition coefficient (Wildman–Crippen LogP) is 1.97. The van der Waals surface area contributed by atoms with E-state index >= 15 is 0 Å². The Kier molecular flexibility index (Phi) is 4.26. The Labute approximate surface area is 107 Å². The second-order valence-electron chi connectivity index (χ2n) is 5.03. The average molecular weight is 259 g/mol. The zero-order chi connectivity index (χ0) is 12.3. The van der Waals surface area contributed by atoms with Crippen molar-refractivity contribution in [1.29, 1.82) is 0 Å². The molecule has 96 valence electrons. The van der Waals surface area contributed by atoms with Crippen molar-refractivity contribution in [3.05, 3.63) is 0 Å². The molecule has 2 atom stereocenters. The molecule has 0 radical (unpaired) electrons. The number of hydrogen-bond acceptors (Lipinski definition) is 2. The van der Waals surface area contributed by atoms with Gasteiger partial charge in [0.1, 0.15) is 5.88 Å². The second kappa shape index (κ2) is 5.71. The molecular weight excluding hydrogens is 240 g/mol. The quantitative estimate of drug-likeness (QED) is 0.731. The number of piperidine rings is 1. The zero-order valence-corrected chi connectivity index (χ0v) is 10.7. The first-order valence-electron chi connectivity index (χ1n) is 6.35. The topological polar surface area (TPSA) is 49.4 Å². The molecule has 2 rings (SSSR count). The minimum Gasteiger partial charge on any atom is -0.324 e. The molecule has 2 aliphatic rings. The zero-order valence-electron chi connectivity index (χ0n) is 9.95. The molecule has 1 aliphatic carbocycles. The van der Waals surface area contributed by atoms with Crippen LogP contribution in [0, 0.1) is 11.8 Å². The van der Waals surface area contributed by atoms with Gasteiger partial charge in [-0.1, -0.05) is 19.3 Å². The van der Waals surface area contributed by atoms with E-state index in [-0.39, 0.29) is 11.9 Å². The Morgan fingerprint density at radius 2 is 1.88 bits per heavy atom. The summed E-state index contributed by atoms with van der Waals surface area (Å²) in [6.45, 7) is 1.56. The molecule has 0 bridgehead atoms. The van der Waals surface area contributed by atoms with Crippen molar-refractivity contribution in [3.8, 4) is 0 Å². The first-order valence-corrected chi connectivity index (χ1v) is 6.89. The molecule has 1 heterocycles. The van der Waals surface area contributed by atoms with Gasteiger partial charge in [0.25, 0.3) is 0 Å². The Hall–Kier alpha value is -0.770. The number of fused-ring (bicyclic) bond motifs is 1. The van der Waals surface area contributed by atoms with E-state index in [1.807, 2.05) is 0 Å². The van der Waals surface area contributed by atoms with E-state index in [1.165, 1.54) is 25.7 Å². The van der Waals surface area contributed by atoms with Gasteiger partial charge in [0.05, 0.1) is 0 Å². The fraction of sp³-hybridized carbons (Fsp3) is 0.833. The summed E-state index contributed by atoms with van der Waals surface area (Å²) in [5, 5.41) is 2.31. The lowest BCUT2D eigenvalue weighted by molar-refractivity contribution is -0.117. The van der Waals surface area contributed by atoms with E-state index in [1.54, 1.807) is 4.90 Å². The van der Waals surface area contributed by atoms with Crippen LogP contribution in [0.15, 0.2) is 0 Å². The third kappa shape index (κ3) is 3.12. The number of carbonyl (C=O) groups excluding carboxylic acids is 2. The van der Waals surface area contributed by atoms with Crippen molar-refractivity contribution in [2.24, 2.45) is 11.8 Å². The van der Waals surface area contributed by atoms with Gasteiger partial charge in [-0.25, -0.2) is 4.79 Å². The van der Waals surface area contributed by atoms with Crippen LogP contribution in [0.3, 0.4) is 0 Å². The summed E-state index contributed by atoms with van der Waals surface area (Å²) in [5.41, 5.74) is 0. The summed E-state index contributed by atoms with van der Waals surface area (Å²) in [6, 6.07) is -0.278. The summed E-state index contributed by atoms with van der Waals surface area (Å²) < 4.78 is 0. The van der Waals surface area contributed by atoms with Gasteiger partial charge in [0.2, 0.25) is 5.91 Å². The van der Waals surface area contributed by atoms with E-state index < -0.39 is 5.91 Å². The number of urea groups is 1. The molecule has 0 aromatic carbocycles. The highest BCUT2D eigenvalue weighted by atomic mass is 35.5. The van der Waals surface area contributed by atoms with Gasteiger partial charge in [-0.15, -0.1) is 11.6 Å². The van der Waals surface area contributed by atoms with E-state index in [2.05, 4.69) is 5.32 Å². The molecular formula is C12H19ClN2O2. The lowest BCUT2D eigenvalue weighted by Crippen LogP contribution is -2.50. The third-order valence-electron chi connectivity index (χ3n) is 3.95. The van der Waals surface area contributed by atoms with Crippen molar-refractivity contribution in [2.45, 2.75) is 32.1 Å². The fourth-order valence-corrected chi connectivity index (χ4v) is 3.08. The summed E-state index contributed by atoms with van der Waals surface area (Å²) in [7, 11) is 0. The molecule has 4 nitrogen and oxygen atoms in total. The Morgan fingerprint density at radius 1 is 1.18 bits per heavy atom. The number of nitrogens with zero attached hydrogens (tertiary/aromatic N) is 1. The van der Waals surface area contributed by atoms with Gasteiger partial charge in [0, 0.05) is 13.1 Å². The maximum absolute atomic E-state index is 11.8. The third-order valence-corrected chi connectivity index (χ3v) is 4.19. The maximum atomic E-state index is 11.8. The van der Waals surface area contributed by atoms with Crippen LogP contribution in [-0.2, 0) is 4.79 Å². The SMILES string of the molecule is O=C(CCl)NC(=O)N1CCC2CCCCC2C1. The standard InChI is InChI=1S/C12H19ClN2O2/c13-7-11(16)14-12(17)15-6-5-9-3-1-2-4-10(9)8-15/h9-10H,1-8H2,(H,14,16,17).